The third-order valence-corrected chi connectivity index (χ3v) is 6.08. The highest BCUT2D eigenvalue weighted by Crippen LogP contribution is 2.23. The molecule has 0 unspecified atom stereocenters. The van der Waals surface area contributed by atoms with Crippen LogP contribution in [0.1, 0.15) is 51.6 Å². The second kappa shape index (κ2) is 8.48. The van der Waals surface area contributed by atoms with E-state index in [-0.39, 0.29) is 23.6 Å². The molecule has 6 heteroatoms. The SMILES string of the molecule is CC[C@H]1CN(C(=O)c2ccc(C(C)=O)s2)CCC(=O)N1Cc1ccccc1. The molecular formula is C21H24N2O3S. The molecule has 142 valence electrons. The van der Waals surface area contributed by atoms with E-state index in [0.717, 1.165) is 12.0 Å². The first kappa shape index (κ1) is 19.3. The molecule has 1 atom stereocenters. The van der Waals surface area contributed by atoms with Gasteiger partial charge < -0.3 is 9.80 Å². The van der Waals surface area contributed by atoms with Crippen molar-refractivity contribution in [3.05, 3.63) is 57.8 Å². The van der Waals surface area contributed by atoms with Crippen LogP contribution in [0.5, 0.6) is 0 Å². The maximum atomic E-state index is 12.9. The van der Waals surface area contributed by atoms with Crippen LogP contribution in [0.2, 0.25) is 0 Å². The Bertz CT molecular complexity index is 831. The number of hydrogen-bond donors (Lipinski definition) is 0. The largest absolute Gasteiger partial charge is 0.335 e. The van der Waals surface area contributed by atoms with Gasteiger partial charge in [0.05, 0.1) is 9.75 Å². The maximum Gasteiger partial charge on any atom is 0.264 e. The van der Waals surface area contributed by atoms with Crippen molar-refractivity contribution >= 4 is 28.9 Å². The van der Waals surface area contributed by atoms with Gasteiger partial charge in [-0.25, -0.2) is 0 Å². The van der Waals surface area contributed by atoms with Crippen molar-refractivity contribution in [1.29, 1.82) is 0 Å². The van der Waals surface area contributed by atoms with Crippen LogP contribution in [-0.4, -0.2) is 46.5 Å². The van der Waals surface area contributed by atoms with Gasteiger partial charge in [-0.15, -0.1) is 11.3 Å². The molecule has 0 spiro atoms. The third-order valence-electron chi connectivity index (χ3n) is 4.91. The Kier molecular flexibility index (Phi) is 6.06. The summed E-state index contributed by atoms with van der Waals surface area (Å²) in [4.78, 5) is 42.0. The third kappa shape index (κ3) is 4.45. The monoisotopic (exact) mass is 384 g/mol. The molecule has 0 saturated carbocycles. The standard InChI is InChI=1S/C21H24N2O3S/c1-3-17-14-22(21(26)19-10-9-18(27-19)15(2)24)12-11-20(25)23(17)13-16-7-5-4-6-8-16/h4-10,17H,3,11-14H2,1-2H3/t17-/m0/s1. The highest BCUT2D eigenvalue weighted by Gasteiger charge is 2.31. The number of carbonyl (C=O) groups excluding carboxylic acids is 3. The van der Waals surface area contributed by atoms with Crippen LogP contribution in [-0.2, 0) is 11.3 Å². The molecule has 0 bridgehead atoms. The van der Waals surface area contributed by atoms with E-state index in [4.69, 9.17) is 0 Å². The zero-order chi connectivity index (χ0) is 19.4. The number of amides is 2. The average Bonchev–Trinajstić information content (AvgIpc) is 3.12. The van der Waals surface area contributed by atoms with E-state index >= 15 is 0 Å². The lowest BCUT2D eigenvalue weighted by molar-refractivity contribution is -0.133. The molecule has 2 heterocycles. The van der Waals surface area contributed by atoms with Crippen molar-refractivity contribution in [2.24, 2.45) is 0 Å². The lowest BCUT2D eigenvalue weighted by atomic mass is 10.1. The Hall–Kier alpha value is -2.47. The summed E-state index contributed by atoms with van der Waals surface area (Å²) in [6.07, 6.45) is 1.10. The lowest BCUT2D eigenvalue weighted by Gasteiger charge is -2.31. The fourth-order valence-corrected chi connectivity index (χ4v) is 4.22. The van der Waals surface area contributed by atoms with Crippen molar-refractivity contribution < 1.29 is 14.4 Å². The van der Waals surface area contributed by atoms with Crippen molar-refractivity contribution in [3.8, 4) is 0 Å². The molecule has 1 aliphatic heterocycles. The predicted octanol–water partition coefficient (Wildman–Crippen LogP) is 3.60. The summed E-state index contributed by atoms with van der Waals surface area (Å²) in [6, 6.07) is 13.3. The fourth-order valence-electron chi connectivity index (χ4n) is 3.35. The van der Waals surface area contributed by atoms with Gasteiger partial charge in [0.2, 0.25) is 5.91 Å². The van der Waals surface area contributed by atoms with Crippen LogP contribution in [0.25, 0.3) is 0 Å². The molecule has 27 heavy (non-hydrogen) atoms. The molecule has 5 nitrogen and oxygen atoms in total. The minimum absolute atomic E-state index is 0.0172. The molecular weight excluding hydrogens is 360 g/mol. The van der Waals surface area contributed by atoms with Gasteiger partial charge in [-0.2, -0.15) is 0 Å². The van der Waals surface area contributed by atoms with E-state index in [2.05, 4.69) is 0 Å². The zero-order valence-electron chi connectivity index (χ0n) is 15.7. The van der Waals surface area contributed by atoms with Gasteiger partial charge >= 0.3 is 0 Å². The Morgan fingerprint density at radius 1 is 1.11 bits per heavy atom. The summed E-state index contributed by atoms with van der Waals surface area (Å²) in [5.74, 6) is -0.0533. The zero-order valence-corrected chi connectivity index (χ0v) is 16.5. The number of benzene rings is 1. The van der Waals surface area contributed by atoms with E-state index in [1.54, 1.807) is 17.0 Å². The number of nitrogens with zero attached hydrogens (tertiary/aromatic N) is 2. The van der Waals surface area contributed by atoms with Gasteiger partial charge in [-0.1, -0.05) is 37.3 Å². The summed E-state index contributed by atoms with van der Waals surface area (Å²) in [5.41, 5.74) is 1.09. The summed E-state index contributed by atoms with van der Waals surface area (Å²) >= 11 is 1.22. The van der Waals surface area contributed by atoms with E-state index in [0.29, 0.717) is 35.8 Å². The number of ketones is 1. The minimum atomic E-state index is -0.0969. The smallest absolute Gasteiger partial charge is 0.264 e. The maximum absolute atomic E-state index is 12.9. The Labute approximate surface area is 163 Å². The predicted molar refractivity (Wildman–Crippen MR) is 106 cm³/mol. The topological polar surface area (TPSA) is 57.7 Å². The van der Waals surface area contributed by atoms with E-state index in [9.17, 15) is 14.4 Å². The van der Waals surface area contributed by atoms with Gasteiger partial charge in [0, 0.05) is 32.1 Å². The summed E-state index contributed by atoms with van der Waals surface area (Å²) in [6.45, 7) is 5.03. The Morgan fingerprint density at radius 3 is 2.44 bits per heavy atom. The van der Waals surface area contributed by atoms with Crippen molar-refractivity contribution in [3.63, 3.8) is 0 Å². The van der Waals surface area contributed by atoms with Gasteiger partial charge in [0.1, 0.15) is 0 Å². The van der Waals surface area contributed by atoms with Crippen molar-refractivity contribution in [1.82, 2.24) is 9.80 Å². The first-order valence-corrected chi connectivity index (χ1v) is 10.0. The first-order chi connectivity index (χ1) is 13.0. The van der Waals surface area contributed by atoms with Crippen LogP contribution < -0.4 is 0 Å². The molecule has 1 fully saturated rings. The molecule has 0 N–H and O–H groups in total. The normalized spacial score (nSPS) is 17.7. The number of rotatable bonds is 5. The molecule has 3 rings (SSSR count). The van der Waals surface area contributed by atoms with Crippen molar-refractivity contribution in [2.45, 2.75) is 39.3 Å². The van der Waals surface area contributed by atoms with Crippen LogP contribution in [0.3, 0.4) is 0 Å². The van der Waals surface area contributed by atoms with Crippen LogP contribution in [0.15, 0.2) is 42.5 Å². The number of thiophene rings is 1. The average molecular weight is 385 g/mol. The number of Topliss-reactive ketones (excluding diaryl/α,β-unsaturated/α-hetero) is 1. The second-order valence-electron chi connectivity index (χ2n) is 6.79. The quantitative estimate of drug-likeness (QED) is 0.740. The summed E-state index contributed by atoms with van der Waals surface area (Å²) < 4.78 is 0. The van der Waals surface area contributed by atoms with Crippen LogP contribution >= 0.6 is 11.3 Å². The van der Waals surface area contributed by atoms with E-state index in [1.807, 2.05) is 42.2 Å². The molecule has 1 aliphatic rings. The molecule has 1 saturated heterocycles. The number of hydrogen-bond acceptors (Lipinski definition) is 4. The molecule has 0 radical (unpaired) electrons. The Balaban J connectivity index is 1.77. The minimum Gasteiger partial charge on any atom is -0.335 e. The van der Waals surface area contributed by atoms with E-state index in [1.165, 1.54) is 18.3 Å². The van der Waals surface area contributed by atoms with Crippen LogP contribution in [0.4, 0.5) is 0 Å². The Morgan fingerprint density at radius 2 is 1.81 bits per heavy atom. The molecule has 2 aromatic rings. The number of carbonyl (C=O) groups is 3. The second-order valence-corrected chi connectivity index (χ2v) is 7.87. The fraction of sp³-hybridized carbons (Fsp3) is 0.381. The van der Waals surface area contributed by atoms with Crippen molar-refractivity contribution in [2.75, 3.05) is 13.1 Å². The molecule has 1 aromatic carbocycles. The van der Waals surface area contributed by atoms with Gasteiger partial charge in [-0.3, -0.25) is 14.4 Å². The van der Waals surface area contributed by atoms with Crippen LogP contribution in [0, 0.1) is 0 Å². The first-order valence-electron chi connectivity index (χ1n) is 9.23. The molecule has 1 aromatic heterocycles. The van der Waals surface area contributed by atoms with E-state index < -0.39 is 0 Å². The highest BCUT2D eigenvalue weighted by molar-refractivity contribution is 7.15. The molecule has 0 aliphatic carbocycles. The molecule has 2 amide bonds. The van der Waals surface area contributed by atoms with Gasteiger partial charge in [-0.05, 0) is 31.0 Å². The highest BCUT2D eigenvalue weighted by atomic mass is 32.1. The van der Waals surface area contributed by atoms with Gasteiger partial charge in [0.25, 0.3) is 5.91 Å². The lowest BCUT2D eigenvalue weighted by Crippen LogP contribution is -2.43. The van der Waals surface area contributed by atoms with Gasteiger partial charge in [0.15, 0.2) is 5.78 Å². The summed E-state index contributed by atoms with van der Waals surface area (Å²) in [5, 5.41) is 0. The summed E-state index contributed by atoms with van der Waals surface area (Å²) in [7, 11) is 0.